The molecule has 3 aromatic carbocycles. The summed E-state index contributed by atoms with van der Waals surface area (Å²) in [6.07, 6.45) is 1.49. The molecule has 0 atom stereocenters. The van der Waals surface area contributed by atoms with Gasteiger partial charge in [0.2, 0.25) is 0 Å². The Balaban J connectivity index is 1.45. The number of thioether (sulfide) groups is 1. The van der Waals surface area contributed by atoms with Gasteiger partial charge >= 0.3 is 10.1 Å². The second kappa shape index (κ2) is 11.2. The van der Waals surface area contributed by atoms with Crippen LogP contribution >= 0.6 is 23.4 Å². The molecule has 2 amide bonds. The number of carbonyl (C=O) groups excluding carboxylic acids is 2. The third kappa shape index (κ3) is 6.43. The van der Waals surface area contributed by atoms with Crippen LogP contribution in [0.25, 0.3) is 6.08 Å². The van der Waals surface area contributed by atoms with Gasteiger partial charge in [-0.3, -0.25) is 14.5 Å². The molecular weight excluding hydrogens is 545 g/mol. The second-order valence-corrected chi connectivity index (χ2v) is 10.5. The molecule has 0 aliphatic carbocycles. The van der Waals surface area contributed by atoms with Crippen LogP contribution in [0.2, 0.25) is 5.02 Å². The first-order valence-electron chi connectivity index (χ1n) is 10.7. The fraction of sp³-hybridized carbons (Fsp3) is 0.120. The maximum Gasteiger partial charge on any atom is 0.339 e. The van der Waals surface area contributed by atoms with E-state index >= 15 is 0 Å². The smallest absolute Gasteiger partial charge is 0.339 e. The normalized spacial score (nSPS) is 14.8. The van der Waals surface area contributed by atoms with Crippen molar-refractivity contribution in [3.8, 4) is 17.2 Å². The van der Waals surface area contributed by atoms with E-state index < -0.39 is 27.1 Å². The van der Waals surface area contributed by atoms with Crippen LogP contribution in [0.3, 0.4) is 0 Å². The summed E-state index contributed by atoms with van der Waals surface area (Å²) in [6, 6.07) is 15.2. The van der Waals surface area contributed by atoms with Crippen molar-refractivity contribution in [1.82, 2.24) is 4.90 Å². The van der Waals surface area contributed by atoms with Crippen LogP contribution in [0.15, 0.2) is 76.5 Å². The average molecular weight is 564 g/mol. The Morgan fingerprint density at radius 2 is 1.70 bits per heavy atom. The fourth-order valence-corrected chi connectivity index (χ4v) is 5.17. The number of rotatable bonds is 9. The van der Waals surface area contributed by atoms with Gasteiger partial charge in [0, 0.05) is 5.02 Å². The molecule has 1 heterocycles. The van der Waals surface area contributed by atoms with Gasteiger partial charge < -0.3 is 13.7 Å². The van der Waals surface area contributed by atoms with Crippen LogP contribution < -0.4 is 13.7 Å². The number of amides is 2. The van der Waals surface area contributed by atoms with Crippen LogP contribution in [-0.4, -0.2) is 44.7 Å². The van der Waals surface area contributed by atoms with Gasteiger partial charge in [-0.05, 0) is 84.1 Å². The predicted octanol–water partition coefficient (Wildman–Crippen LogP) is 5.37. The largest absolute Gasteiger partial charge is 0.493 e. The van der Waals surface area contributed by atoms with E-state index in [-0.39, 0.29) is 34.5 Å². The van der Waals surface area contributed by atoms with E-state index in [4.69, 9.17) is 25.3 Å². The minimum atomic E-state index is -4.24. The molecule has 0 radical (unpaired) electrons. The van der Waals surface area contributed by atoms with Crippen molar-refractivity contribution in [2.45, 2.75) is 4.90 Å². The average Bonchev–Trinajstić information content (AvgIpc) is 3.13. The first kappa shape index (κ1) is 26.5. The van der Waals surface area contributed by atoms with E-state index in [9.17, 15) is 22.4 Å². The van der Waals surface area contributed by atoms with Gasteiger partial charge in [-0.25, -0.2) is 4.39 Å². The Kier molecular flexibility index (Phi) is 8.06. The molecule has 0 unspecified atom stereocenters. The zero-order valence-corrected chi connectivity index (χ0v) is 21.6. The molecule has 1 aliphatic heterocycles. The van der Waals surface area contributed by atoms with Crippen molar-refractivity contribution in [2.24, 2.45) is 0 Å². The summed E-state index contributed by atoms with van der Waals surface area (Å²) in [5.41, 5.74) is 0.478. The zero-order valence-electron chi connectivity index (χ0n) is 19.2. The molecule has 8 nitrogen and oxygen atoms in total. The van der Waals surface area contributed by atoms with Gasteiger partial charge in [0.25, 0.3) is 11.1 Å². The topological polar surface area (TPSA) is 99.2 Å². The van der Waals surface area contributed by atoms with E-state index in [2.05, 4.69) is 0 Å². The molecule has 1 fully saturated rings. The quantitative estimate of drug-likeness (QED) is 0.253. The number of imide groups is 1. The van der Waals surface area contributed by atoms with Crippen LogP contribution in [-0.2, 0) is 14.9 Å². The van der Waals surface area contributed by atoms with Crippen molar-refractivity contribution in [2.75, 3.05) is 20.3 Å². The number of nitrogens with zero attached hydrogens (tertiary/aromatic N) is 1. The highest BCUT2D eigenvalue weighted by atomic mass is 35.5. The number of methoxy groups -OCH3 is 1. The number of carbonyl (C=O) groups is 2. The monoisotopic (exact) mass is 563 g/mol. The highest BCUT2D eigenvalue weighted by Gasteiger charge is 2.35. The number of benzene rings is 3. The second-order valence-electron chi connectivity index (χ2n) is 7.54. The van der Waals surface area contributed by atoms with Crippen LogP contribution in [0.1, 0.15) is 5.56 Å². The van der Waals surface area contributed by atoms with Gasteiger partial charge in [-0.1, -0.05) is 17.7 Å². The lowest BCUT2D eigenvalue weighted by Crippen LogP contribution is -2.32. The minimum Gasteiger partial charge on any atom is -0.493 e. The first-order chi connectivity index (χ1) is 17.7. The molecule has 192 valence electrons. The SMILES string of the molecule is COc1cc(/C=C2\SC(=O)N(CCOc3ccc(Cl)cc3)C2=O)ccc1OS(=O)(=O)c1ccc(F)cc1. The van der Waals surface area contributed by atoms with Crippen LogP contribution in [0.5, 0.6) is 17.2 Å². The van der Waals surface area contributed by atoms with Gasteiger partial charge in [-0.15, -0.1) is 0 Å². The number of halogens is 2. The molecule has 12 heteroatoms. The number of hydrogen-bond acceptors (Lipinski definition) is 8. The van der Waals surface area contributed by atoms with E-state index in [0.29, 0.717) is 16.3 Å². The van der Waals surface area contributed by atoms with E-state index in [1.807, 2.05) is 0 Å². The molecule has 1 saturated heterocycles. The Labute approximate surface area is 221 Å². The Bertz CT molecular complexity index is 1460. The third-order valence-electron chi connectivity index (χ3n) is 5.06. The minimum absolute atomic E-state index is 0.0575. The molecule has 3 aromatic rings. The summed E-state index contributed by atoms with van der Waals surface area (Å²) >= 11 is 6.62. The van der Waals surface area contributed by atoms with Crippen molar-refractivity contribution in [3.63, 3.8) is 0 Å². The summed E-state index contributed by atoms with van der Waals surface area (Å²) in [4.78, 5) is 26.2. The highest BCUT2D eigenvalue weighted by Crippen LogP contribution is 2.35. The number of hydrogen-bond donors (Lipinski definition) is 0. The third-order valence-corrected chi connectivity index (χ3v) is 7.47. The fourth-order valence-electron chi connectivity index (χ4n) is 3.24. The number of ether oxygens (including phenoxy) is 2. The standard InChI is InChI=1S/C25H19ClFNO7S2/c1-33-22-14-16(2-11-21(22)35-37(31,32)20-9-5-18(27)6-10-20)15-23-24(29)28(25(30)36-23)12-13-34-19-7-3-17(26)4-8-19/h2-11,14-15H,12-13H2,1H3/b23-15-. The molecule has 0 bridgehead atoms. The van der Waals surface area contributed by atoms with Crippen molar-refractivity contribution >= 4 is 50.7 Å². The Morgan fingerprint density at radius 3 is 2.38 bits per heavy atom. The van der Waals surface area contributed by atoms with E-state index in [1.165, 1.54) is 31.4 Å². The summed E-state index contributed by atoms with van der Waals surface area (Å²) < 4.78 is 54.2. The van der Waals surface area contributed by atoms with Gasteiger partial charge in [-0.2, -0.15) is 8.42 Å². The van der Waals surface area contributed by atoms with Crippen LogP contribution in [0.4, 0.5) is 9.18 Å². The maximum absolute atomic E-state index is 13.1. The summed E-state index contributed by atoms with van der Waals surface area (Å²) in [5, 5.41) is 0.127. The molecule has 0 saturated carbocycles. The lowest BCUT2D eigenvalue weighted by atomic mass is 10.2. The van der Waals surface area contributed by atoms with Gasteiger partial charge in [0.05, 0.1) is 18.6 Å². The van der Waals surface area contributed by atoms with Crippen molar-refractivity contribution < 1.29 is 36.1 Å². The molecule has 0 spiro atoms. The van der Waals surface area contributed by atoms with E-state index in [0.717, 1.165) is 40.9 Å². The first-order valence-corrected chi connectivity index (χ1v) is 13.3. The summed E-state index contributed by atoms with van der Waals surface area (Å²) in [5.74, 6) is -0.526. The molecular formula is C25H19ClFNO7S2. The maximum atomic E-state index is 13.1. The highest BCUT2D eigenvalue weighted by molar-refractivity contribution is 8.18. The molecule has 0 N–H and O–H groups in total. The lowest BCUT2D eigenvalue weighted by Gasteiger charge is -2.13. The molecule has 1 aliphatic rings. The van der Waals surface area contributed by atoms with Gasteiger partial charge in [0.15, 0.2) is 11.5 Å². The molecule has 4 rings (SSSR count). The van der Waals surface area contributed by atoms with Gasteiger partial charge in [0.1, 0.15) is 23.1 Å². The van der Waals surface area contributed by atoms with Crippen LogP contribution in [0, 0.1) is 5.82 Å². The van der Waals surface area contributed by atoms with E-state index in [1.54, 1.807) is 24.3 Å². The van der Waals surface area contributed by atoms with Crippen molar-refractivity contribution in [3.05, 3.63) is 88.0 Å². The Morgan fingerprint density at radius 1 is 1.00 bits per heavy atom. The summed E-state index contributed by atoms with van der Waals surface area (Å²) in [7, 11) is -2.92. The van der Waals surface area contributed by atoms with Crippen molar-refractivity contribution in [1.29, 1.82) is 0 Å². The zero-order chi connectivity index (χ0) is 26.6. The summed E-state index contributed by atoms with van der Waals surface area (Å²) in [6.45, 7) is 0.164. The lowest BCUT2D eigenvalue weighted by molar-refractivity contribution is -0.123. The predicted molar refractivity (Wildman–Crippen MR) is 137 cm³/mol. The molecule has 0 aromatic heterocycles. The Hall–Kier alpha value is -3.54. The molecule has 37 heavy (non-hydrogen) atoms.